The second-order valence-electron chi connectivity index (χ2n) is 5.79. The molecule has 1 saturated heterocycles. The smallest absolute Gasteiger partial charge is 0.243 e. The van der Waals surface area contributed by atoms with Crippen LogP contribution >= 0.6 is 12.2 Å². The van der Waals surface area contributed by atoms with E-state index >= 15 is 0 Å². The summed E-state index contributed by atoms with van der Waals surface area (Å²) in [5, 5.41) is 3.96. The molecule has 1 N–H and O–H groups in total. The SMILES string of the molecule is CCCCNC(=S)N1CCN(S(=O)(=O)c2ccc(C)cc2)CC1. The van der Waals surface area contributed by atoms with E-state index in [-0.39, 0.29) is 0 Å². The molecule has 0 amide bonds. The number of nitrogens with zero attached hydrogens (tertiary/aromatic N) is 2. The zero-order chi connectivity index (χ0) is 16.9. The Balaban J connectivity index is 1.93. The number of hydrogen-bond donors (Lipinski definition) is 1. The van der Waals surface area contributed by atoms with E-state index in [4.69, 9.17) is 12.2 Å². The molecule has 0 aromatic heterocycles. The van der Waals surface area contributed by atoms with Crippen molar-refractivity contribution < 1.29 is 8.42 Å². The Kier molecular flexibility index (Phi) is 6.38. The number of unbranched alkanes of at least 4 members (excludes halogenated alkanes) is 1. The van der Waals surface area contributed by atoms with Gasteiger partial charge in [0.1, 0.15) is 0 Å². The second-order valence-corrected chi connectivity index (χ2v) is 8.11. The third-order valence-electron chi connectivity index (χ3n) is 3.99. The Morgan fingerprint density at radius 3 is 2.35 bits per heavy atom. The zero-order valence-electron chi connectivity index (χ0n) is 13.8. The second kappa shape index (κ2) is 8.08. The Labute approximate surface area is 144 Å². The van der Waals surface area contributed by atoms with Crippen LogP contribution in [0.4, 0.5) is 0 Å². The molecule has 0 unspecified atom stereocenters. The fourth-order valence-corrected chi connectivity index (χ4v) is 4.18. The highest BCUT2D eigenvalue weighted by Gasteiger charge is 2.29. The monoisotopic (exact) mass is 355 g/mol. The lowest BCUT2D eigenvalue weighted by atomic mass is 10.2. The van der Waals surface area contributed by atoms with Gasteiger partial charge in [0.15, 0.2) is 5.11 Å². The first-order valence-electron chi connectivity index (χ1n) is 8.04. The van der Waals surface area contributed by atoms with Crippen molar-refractivity contribution in [2.45, 2.75) is 31.6 Å². The summed E-state index contributed by atoms with van der Waals surface area (Å²) in [6, 6.07) is 7.01. The molecular weight excluding hydrogens is 330 g/mol. The van der Waals surface area contributed by atoms with Gasteiger partial charge in [0.05, 0.1) is 4.90 Å². The van der Waals surface area contributed by atoms with Gasteiger partial charge >= 0.3 is 0 Å². The highest BCUT2D eigenvalue weighted by atomic mass is 32.2. The normalized spacial score (nSPS) is 16.3. The van der Waals surface area contributed by atoms with Gasteiger partial charge in [-0.25, -0.2) is 8.42 Å². The lowest BCUT2D eigenvalue weighted by molar-refractivity contribution is 0.264. The largest absolute Gasteiger partial charge is 0.363 e. The molecule has 0 saturated carbocycles. The number of hydrogen-bond acceptors (Lipinski definition) is 3. The molecule has 1 aliphatic heterocycles. The minimum absolute atomic E-state index is 0.361. The number of nitrogens with one attached hydrogen (secondary N) is 1. The van der Waals surface area contributed by atoms with Gasteiger partial charge in [0, 0.05) is 32.7 Å². The van der Waals surface area contributed by atoms with Crippen LogP contribution in [0.25, 0.3) is 0 Å². The van der Waals surface area contributed by atoms with Crippen LogP contribution < -0.4 is 5.32 Å². The zero-order valence-corrected chi connectivity index (χ0v) is 15.4. The van der Waals surface area contributed by atoms with Gasteiger partial charge in [0.2, 0.25) is 10.0 Å². The van der Waals surface area contributed by atoms with Crippen LogP contribution in [0, 0.1) is 6.92 Å². The van der Waals surface area contributed by atoms with Gasteiger partial charge in [-0.3, -0.25) is 0 Å². The van der Waals surface area contributed by atoms with Crippen molar-refractivity contribution in [2.24, 2.45) is 0 Å². The molecule has 0 radical (unpaired) electrons. The van der Waals surface area contributed by atoms with Crippen LogP contribution in [-0.4, -0.2) is 55.5 Å². The number of sulfonamides is 1. The first kappa shape index (κ1) is 18.2. The van der Waals surface area contributed by atoms with E-state index in [1.807, 2.05) is 24.0 Å². The minimum atomic E-state index is -3.41. The van der Waals surface area contributed by atoms with Crippen molar-refractivity contribution >= 4 is 27.4 Å². The van der Waals surface area contributed by atoms with E-state index in [2.05, 4.69) is 12.2 Å². The third kappa shape index (κ3) is 4.65. The maximum absolute atomic E-state index is 12.6. The van der Waals surface area contributed by atoms with Gasteiger partial charge in [-0.1, -0.05) is 31.0 Å². The molecule has 0 atom stereocenters. The summed E-state index contributed by atoms with van der Waals surface area (Å²) in [7, 11) is -3.41. The van der Waals surface area contributed by atoms with Gasteiger partial charge in [-0.15, -0.1) is 0 Å². The van der Waals surface area contributed by atoms with Gasteiger partial charge in [-0.05, 0) is 37.7 Å². The summed E-state index contributed by atoms with van der Waals surface area (Å²) in [6.07, 6.45) is 2.21. The van der Waals surface area contributed by atoms with E-state index in [0.717, 1.165) is 30.1 Å². The van der Waals surface area contributed by atoms with Crippen LogP contribution in [0.2, 0.25) is 0 Å². The first-order chi connectivity index (χ1) is 10.9. The molecule has 0 spiro atoms. The molecule has 5 nitrogen and oxygen atoms in total. The highest BCUT2D eigenvalue weighted by molar-refractivity contribution is 7.89. The molecule has 7 heteroatoms. The maximum atomic E-state index is 12.6. The first-order valence-corrected chi connectivity index (χ1v) is 9.89. The van der Waals surface area contributed by atoms with E-state index in [9.17, 15) is 8.42 Å². The molecule has 1 aromatic rings. The Hall–Kier alpha value is -1.18. The molecule has 23 heavy (non-hydrogen) atoms. The van der Waals surface area contributed by atoms with Crippen molar-refractivity contribution in [1.82, 2.24) is 14.5 Å². The topological polar surface area (TPSA) is 52.6 Å². The average molecular weight is 356 g/mol. The van der Waals surface area contributed by atoms with Gasteiger partial charge in [-0.2, -0.15) is 4.31 Å². The number of aryl methyl sites for hydroxylation is 1. The van der Waals surface area contributed by atoms with Gasteiger partial charge < -0.3 is 10.2 Å². The quantitative estimate of drug-likeness (QED) is 0.646. The highest BCUT2D eigenvalue weighted by Crippen LogP contribution is 2.18. The summed E-state index contributed by atoms with van der Waals surface area (Å²) in [6.45, 7) is 7.14. The fourth-order valence-electron chi connectivity index (χ4n) is 2.47. The molecule has 1 aliphatic rings. The molecule has 128 valence electrons. The van der Waals surface area contributed by atoms with Crippen LogP contribution in [0.3, 0.4) is 0 Å². The Bertz CT molecular complexity index is 621. The van der Waals surface area contributed by atoms with E-state index in [1.54, 1.807) is 16.4 Å². The number of benzene rings is 1. The lowest BCUT2D eigenvalue weighted by Gasteiger charge is -2.35. The summed E-state index contributed by atoms with van der Waals surface area (Å²) < 4.78 is 26.8. The Morgan fingerprint density at radius 2 is 1.78 bits per heavy atom. The lowest BCUT2D eigenvalue weighted by Crippen LogP contribution is -2.53. The van der Waals surface area contributed by atoms with Crippen LogP contribution in [0.5, 0.6) is 0 Å². The minimum Gasteiger partial charge on any atom is -0.363 e. The molecule has 1 heterocycles. The van der Waals surface area contributed by atoms with Gasteiger partial charge in [0.25, 0.3) is 0 Å². The molecule has 0 aliphatic carbocycles. The van der Waals surface area contributed by atoms with Crippen molar-refractivity contribution in [3.05, 3.63) is 29.8 Å². The van der Waals surface area contributed by atoms with Crippen molar-refractivity contribution in [3.63, 3.8) is 0 Å². The molecule has 0 bridgehead atoms. The third-order valence-corrected chi connectivity index (χ3v) is 6.31. The van der Waals surface area contributed by atoms with Crippen molar-refractivity contribution in [1.29, 1.82) is 0 Å². The number of thiocarbonyl (C=S) groups is 1. The standard InChI is InChI=1S/C16H25N3O2S2/c1-3-4-9-17-16(22)18-10-12-19(13-11-18)23(20,21)15-7-5-14(2)6-8-15/h5-8H,3-4,9-13H2,1-2H3,(H,17,22). The summed E-state index contributed by atoms with van der Waals surface area (Å²) >= 11 is 5.37. The summed E-state index contributed by atoms with van der Waals surface area (Å²) in [5.41, 5.74) is 1.05. The van der Waals surface area contributed by atoms with E-state index in [1.165, 1.54) is 0 Å². The van der Waals surface area contributed by atoms with Crippen molar-refractivity contribution in [3.8, 4) is 0 Å². The molecule has 1 aromatic carbocycles. The summed E-state index contributed by atoms with van der Waals surface area (Å²) in [4.78, 5) is 2.41. The number of piperazine rings is 1. The molecule has 2 rings (SSSR count). The van der Waals surface area contributed by atoms with Crippen molar-refractivity contribution in [2.75, 3.05) is 32.7 Å². The van der Waals surface area contributed by atoms with Crippen LogP contribution in [0.15, 0.2) is 29.2 Å². The summed E-state index contributed by atoms with van der Waals surface area (Å²) in [5.74, 6) is 0. The maximum Gasteiger partial charge on any atom is 0.243 e. The average Bonchev–Trinajstić information content (AvgIpc) is 2.55. The molecule has 1 fully saturated rings. The molecular formula is C16H25N3O2S2. The predicted molar refractivity (Wildman–Crippen MR) is 97.0 cm³/mol. The van der Waals surface area contributed by atoms with Crippen LogP contribution in [-0.2, 0) is 10.0 Å². The van der Waals surface area contributed by atoms with E-state index in [0.29, 0.717) is 31.1 Å². The Morgan fingerprint density at radius 1 is 1.17 bits per heavy atom. The number of rotatable bonds is 5. The van der Waals surface area contributed by atoms with Crippen LogP contribution in [0.1, 0.15) is 25.3 Å². The fraction of sp³-hybridized carbons (Fsp3) is 0.562. The predicted octanol–water partition coefficient (Wildman–Crippen LogP) is 1.98. The van der Waals surface area contributed by atoms with E-state index < -0.39 is 10.0 Å².